The second-order valence-electron chi connectivity index (χ2n) is 11.6. The van der Waals surface area contributed by atoms with Crippen molar-refractivity contribution in [2.24, 2.45) is 0 Å². The monoisotopic (exact) mass is 557 g/mol. The Morgan fingerprint density at radius 3 is 1.38 bits per heavy atom. The van der Waals surface area contributed by atoms with Gasteiger partial charge in [-0.1, -0.05) is 172 Å². The zero-order valence-corrected chi connectivity index (χ0v) is 27.0. The van der Waals surface area contributed by atoms with Gasteiger partial charge >= 0.3 is 5.97 Å². The van der Waals surface area contributed by atoms with E-state index in [1.165, 1.54) is 141 Å². The van der Waals surface area contributed by atoms with Crippen molar-refractivity contribution in [2.45, 2.75) is 181 Å². The van der Waals surface area contributed by atoms with E-state index in [0.29, 0.717) is 6.61 Å². The maximum Gasteiger partial charge on any atom is 0.330 e. The van der Waals surface area contributed by atoms with E-state index in [2.05, 4.69) is 44.2 Å². The Labute approximate surface area is 251 Å². The lowest BCUT2D eigenvalue weighted by Crippen LogP contribution is -2.02. The zero-order chi connectivity index (χ0) is 29.0. The molecule has 0 fully saturated rings. The van der Waals surface area contributed by atoms with Crippen LogP contribution in [0.25, 0.3) is 0 Å². The first kappa shape index (κ1) is 38.4. The lowest BCUT2D eigenvalue weighted by molar-refractivity contribution is -0.137. The van der Waals surface area contributed by atoms with Crippen LogP contribution in [-0.4, -0.2) is 12.6 Å². The lowest BCUT2D eigenvalue weighted by atomic mass is 10.0. The van der Waals surface area contributed by atoms with E-state index >= 15 is 0 Å². The van der Waals surface area contributed by atoms with Crippen LogP contribution < -0.4 is 0 Å². The molecule has 0 bridgehead atoms. The SMILES string of the molecule is CCCCC/C=C\C/C=C/CCCCCCCCOC(=O)C=CC=CCCCCCCCCCCCCCCC. The second-order valence-corrected chi connectivity index (χ2v) is 11.6. The molecule has 0 saturated carbocycles. The predicted molar refractivity (Wildman–Crippen MR) is 179 cm³/mol. The van der Waals surface area contributed by atoms with E-state index in [4.69, 9.17) is 4.74 Å². The van der Waals surface area contributed by atoms with Crippen LogP contribution in [0.1, 0.15) is 181 Å². The highest BCUT2D eigenvalue weighted by molar-refractivity contribution is 5.82. The van der Waals surface area contributed by atoms with Crippen LogP contribution in [0.5, 0.6) is 0 Å². The quantitative estimate of drug-likeness (QED) is 0.0279. The molecule has 0 atom stereocenters. The minimum absolute atomic E-state index is 0.215. The van der Waals surface area contributed by atoms with Crippen molar-refractivity contribution in [1.82, 2.24) is 0 Å². The zero-order valence-electron chi connectivity index (χ0n) is 27.0. The Morgan fingerprint density at radius 2 is 0.850 bits per heavy atom. The van der Waals surface area contributed by atoms with Crippen LogP contribution in [0.2, 0.25) is 0 Å². The van der Waals surface area contributed by atoms with Gasteiger partial charge < -0.3 is 4.74 Å². The van der Waals surface area contributed by atoms with Gasteiger partial charge in [0.1, 0.15) is 0 Å². The van der Waals surface area contributed by atoms with E-state index in [-0.39, 0.29) is 5.97 Å². The number of carbonyl (C=O) groups is 1. The highest BCUT2D eigenvalue weighted by Gasteiger charge is 1.97. The van der Waals surface area contributed by atoms with Gasteiger partial charge in [0, 0.05) is 6.08 Å². The fraction of sp³-hybridized carbons (Fsp3) is 0.763. The minimum atomic E-state index is -0.215. The third-order valence-electron chi connectivity index (χ3n) is 7.54. The molecule has 0 rings (SSSR count). The van der Waals surface area contributed by atoms with Gasteiger partial charge in [-0.15, -0.1) is 0 Å². The Kier molecular flexibility index (Phi) is 34.1. The number of hydrogen-bond acceptors (Lipinski definition) is 2. The molecule has 2 nitrogen and oxygen atoms in total. The van der Waals surface area contributed by atoms with Gasteiger partial charge in [-0.05, 0) is 51.4 Å². The molecule has 0 saturated heterocycles. The molecule has 0 aliphatic rings. The molecule has 0 aromatic rings. The van der Waals surface area contributed by atoms with Crippen LogP contribution in [0.4, 0.5) is 0 Å². The van der Waals surface area contributed by atoms with E-state index in [1.807, 2.05) is 12.2 Å². The first-order chi connectivity index (χ1) is 19.8. The molecule has 0 heterocycles. The molecular formula is C38H68O2. The predicted octanol–water partition coefficient (Wildman–Crippen LogP) is 12.9. The fourth-order valence-corrected chi connectivity index (χ4v) is 4.90. The molecule has 0 amide bonds. The maximum absolute atomic E-state index is 11.8. The van der Waals surface area contributed by atoms with Gasteiger partial charge in [0.15, 0.2) is 0 Å². The molecular weight excluding hydrogens is 488 g/mol. The van der Waals surface area contributed by atoms with Gasteiger partial charge in [0.25, 0.3) is 0 Å². The lowest BCUT2D eigenvalue weighted by Gasteiger charge is -2.02. The summed E-state index contributed by atoms with van der Waals surface area (Å²) in [5.41, 5.74) is 0. The van der Waals surface area contributed by atoms with Crippen molar-refractivity contribution in [3.8, 4) is 0 Å². The smallest absolute Gasteiger partial charge is 0.330 e. The number of esters is 1. The van der Waals surface area contributed by atoms with Crippen LogP contribution in [0, 0.1) is 0 Å². The summed E-state index contributed by atoms with van der Waals surface area (Å²) in [5, 5.41) is 0. The van der Waals surface area contributed by atoms with Crippen molar-refractivity contribution in [2.75, 3.05) is 6.61 Å². The third-order valence-corrected chi connectivity index (χ3v) is 7.54. The molecule has 0 aliphatic heterocycles. The molecule has 0 spiro atoms. The molecule has 0 N–H and O–H groups in total. The van der Waals surface area contributed by atoms with Gasteiger partial charge in [-0.25, -0.2) is 4.79 Å². The average molecular weight is 557 g/mol. The van der Waals surface area contributed by atoms with Crippen molar-refractivity contribution in [3.05, 3.63) is 48.6 Å². The van der Waals surface area contributed by atoms with E-state index < -0.39 is 0 Å². The molecule has 0 unspecified atom stereocenters. The first-order valence-corrected chi connectivity index (χ1v) is 17.6. The molecule has 232 valence electrons. The third kappa shape index (κ3) is 34.5. The minimum Gasteiger partial charge on any atom is -0.463 e. The standard InChI is InChI=1S/C38H68O2/c1-3-5-7-9-11-13-15-17-19-21-22-24-26-28-30-32-34-36-38(39)40-37-35-33-31-29-27-25-23-20-18-16-14-12-10-8-6-4-2/h12,14,18,20,30,32,34,36H,3-11,13,15-17,19,21-29,31,33,35,37H2,1-2H3/b14-12-,20-18+,32-30?,36-34?. The summed E-state index contributed by atoms with van der Waals surface area (Å²) >= 11 is 0. The Balaban J connectivity index is 3.35. The van der Waals surface area contributed by atoms with Crippen molar-refractivity contribution in [1.29, 1.82) is 0 Å². The van der Waals surface area contributed by atoms with E-state index in [1.54, 1.807) is 6.08 Å². The van der Waals surface area contributed by atoms with Crippen molar-refractivity contribution >= 4 is 5.97 Å². The summed E-state index contributed by atoms with van der Waals surface area (Å²) in [7, 11) is 0. The summed E-state index contributed by atoms with van der Waals surface area (Å²) in [6.07, 6.45) is 50.7. The molecule has 2 heteroatoms. The fourth-order valence-electron chi connectivity index (χ4n) is 4.90. The Hall–Kier alpha value is -1.57. The van der Waals surface area contributed by atoms with Crippen molar-refractivity contribution < 1.29 is 9.53 Å². The average Bonchev–Trinajstić information content (AvgIpc) is 2.96. The number of allylic oxidation sites excluding steroid dienone is 7. The summed E-state index contributed by atoms with van der Waals surface area (Å²) in [4.78, 5) is 11.8. The van der Waals surface area contributed by atoms with Crippen molar-refractivity contribution in [3.63, 3.8) is 0 Å². The van der Waals surface area contributed by atoms with Crippen LogP contribution in [0.15, 0.2) is 48.6 Å². The second kappa shape index (κ2) is 35.5. The normalized spacial score (nSPS) is 12.2. The number of rotatable bonds is 31. The first-order valence-electron chi connectivity index (χ1n) is 17.6. The van der Waals surface area contributed by atoms with Gasteiger partial charge in [-0.3, -0.25) is 0 Å². The van der Waals surface area contributed by atoms with Crippen LogP contribution in [0.3, 0.4) is 0 Å². The molecule has 0 aromatic heterocycles. The number of hydrogen-bond donors (Lipinski definition) is 0. The highest BCUT2D eigenvalue weighted by atomic mass is 16.5. The number of unbranched alkanes of at least 4 members (excludes halogenated alkanes) is 22. The van der Waals surface area contributed by atoms with Gasteiger partial charge in [0.05, 0.1) is 6.61 Å². The highest BCUT2D eigenvalue weighted by Crippen LogP contribution is 2.13. The van der Waals surface area contributed by atoms with Gasteiger partial charge in [-0.2, -0.15) is 0 Å². The summed E-state index contributed by atoms with van der Waals surface area (Å²) in [6, 6.07) is 0. The van der Waals surface area contributed by atoms with Gasteiger partial charge in [0.2, 0.25) is 0 Å². The van der Waals surface area contributed by atoms with E-state index in [9.17, 15) is 4.79 Å². The molecule has 40 heavy (non-hydrogen) atoms. The molecule has 0 radical (unpaired) electrons. The summed E-state index contributed by atoms with van der Waals surface area (Å²) < 4.78 is 5.32. The maximum atomic E-state index is 11.8. The molecule has 0 aliphatic carbocycles. The number of ether oxygens (including phenoxy) is 1. The topological polar surface area (TPSA) is 26.3 Å². The summed E-state index contributed by atoms with van der Waals surface area (Å²) in [6.45, 7) is 5.08. The largest absolute Gasteiger partial charge is 0.463 e. The van der Waals surface area contributed by atoms with Crippen LogP contribution in [-0.2, 0) is 9.53 Å². The Bertz CT molecular complexity index is 613. The Morgan fingerprint density at radius 1 is 0.450 bits per heavy atom. The molecule has 0 aromatic carbocycles. The van der Waals surface area contributed by atoms with E-state index in [0.717, 1.165) is 25.7 Å². The van der Waals surface area contributed by atoms with Crippen LogP contribution >= 0.6 is 0 Å². The number of carbonyl (C=O) groups excluding carboxylic acids is 1. The summed E-state index contributed by atoms with van der Waals surface area (Å²) in [5.74, 6) is -0.215.